The van der Waals surface area contributed by atoms with Crippen LogP contribution in [0.15, 0.2) is 0 Å². The van der Waals surface area contributed by atoms with Crippen LogP contribution in [0, 0.1) is 5.92 Å². The van der Waals surface area contributed by atoms with Crippen LogP contribution in [0.3, 0.4) is 0 Å². The fraction of sp³-hybridized carbons (Fsp3) is 1.00. The van der Waals surface area contributed by atoms with Crippen LogP contribution in [0.25, 0.3) is 0 Å². The van der Waals surface area contributed by atoms with Crippen LogP contribution in [-0.2, 0) is 9.47 Å². The first kappa shape index (κ1) is 14.8. The summed E-state index contributed by atoms with van der Waals surface area (Å²) in [7, 11) is 2.10. The SMILES string of the molecule is CNC1CCC2(CC1N1CCCC1C(C)C)OCCO2. The van der Waals surface area contributed by atoms with Crippen molar-refractivity contribution in [2.45, 2.75) is 69.9 Å². The summed E-state index contributed by atoms with van der Waals surface area (Å²) in [6.45, 7) is 7.49. The first-order chi connectivity index (χ1) is 9.65. The van der Waals surface area contributed by atoms with E-state index in [-0.39, 0.29) is 5.79 Å². The Bertz CT molecular complexity index is 328. The standard InChI is InChI=1S/C16H30N2O2/c1-12(2)14-5-4-8-18(14)15-11-16(19-9-10-20-16)7-6-13(15)17-3/h12-15,17H,4-11H2,1-3H3. The highest BCUT2D eigenvalue weighted by Gasteiger charge is 2.48. The van der Waals surface area contributed by atoms with Crippen molar-refractivity contribution in [1.29, 1.82) is 0 Å². The minimum absolute atomic E-state index is 0.276. The second-order valence-corrected chi connectivity index (χ2v) is 7.00. The van der Waals surface area contributed by atoms with Gasteiger partial charge in [-0.2, -0.15) is 0 Å². The highest BCUT2D eigenvalue weighted by atomic mass is 16.7. The Morgan fingerprint density at radius 2 is 1.95 bits per heavy atom. The van der Waals surface area contributed by atoms with Crippen molar-refractivity contribution in [2.75, 3.05) is 26.8 Å². The van der Waals surface area contributed by atoms with Gasteiger partial charge in [-0.1, -0.05) is 13.8 Å². The van der Waals surface area contributed by atoms with E-state index in [2.05, 4.69) is 31.1 Å². The summed E-state index contributed by atoms with van der Waals surface area (Å²) in [5.74, 6) is 0.459. The fourth-order valence-corrected chi connectivity index (χ4v) is 4.52. The molecule has 1 aliphatic carbocycles. The van der Waals surface area contributed by atoms with Crippen LogP contribution in [0.5, 0.6) is 0 Å². The summed E-state index contributed by atoms with van der Waals surface area (Å²) in [4.78, 5) is 2.75. The number of likely N-dealkylation sites (tertiary alicyclic amines) is 1. The van der Waals surface area contributed by atoms with Crippen molar-refractivity contribution in [2.24, 2.45) is 5.92 Å². The maximum Gasteiger partial charge on any atom is 0.170 e. The summed E-state index contributed by atoms with van der Waals surface area (Å²) in [5.41, 5.74) is 0. The predicted molar refractivity (Wildman–Crippen MR) is 79.7 cm³/mol. The zero-order valence-corrected chi connectivity index (χ0v) is 13.2. The Morgan fingerprint density at radius 3 is 2.60 bits per heavy atom. The van der Waals surface area contributed by atoms with Gasteiger partial charge >= 0.3 is 0 Å². The largest absolute Gasteiger partial charge is 0.347 e. The van der Waals surface area contributed by atoms with E-state index in [1.165, 1.54) is 19.4 Å². The van der Waals surface area contributed by atoms with Crippen molar-refractivity contribution < 1.29 is 9.47 Å². The molecule has 4 heteroatoms. The van der Waals surface area contributed by atoms with Crippen molar-refractivity contribution >= 4 is 0 Å². The summed E-state index contributed by atoms with van der Waals surface area (Å²) in [6, 6.07) is 1.86. The van der Waals surface area contributed by atoms with Gasteiger partial charge in [-0.05, 0) is 38.8 Å². The molecule has 3 atom stereocenters. The van der Waals surface area contributed by atoms with Gasteiger partial charge in [0.1, 0.15) is 0 Å². The molecule has 0 radical (unpaired) electrons. The van der Waals surface area contributed by atoms with Gasteiger partial charge in [-0.25, -0.2) is 0 Å². The second kappa shape index (κ2) is 5.91. The van der Waals surface area contributed by atoms with Crippen LogP contribution in [0.2, 0.25) is 0 Å². The number of nitrogens with zero attached hydrogens (tertiary/aromatic N) is 1. The number of nitrogens with one attached hydrogen (secondary N) is 1. The third-order valence-electron chi connectivity index (χ3n) is 5.54. The lowest BCUT2D eigenvalue weighted by molar-refractivity contribution is -0.194. The maximum atomic E-state index is 5.98. The molecule has 116 valence electrons. The molecule has 3 fully saturated rings. The quantitative estimate of drug-likeness (QED) is 0.858. The minimum atomic E-state index is -0.276. The number of rotatable bonds is 3. The Hall–Kier alpha value is -0.160. The monoisotopic (exact) mass is 282 g/mol. The predicted octanol–water partition coefficient (Wildman–Crippen LogP) is 1.99. The topological polar surface area (TPSA) is 33.7 Å². The highest BCUT2D eigenvalue weighted by Crippen LogP contribution is 2.40. The number of hydrogen-bond donors (Lipinski definition) is 1. The lowest BCUT2D eigenvalue weighted by Gasteiger charge is -2.47. The Morgan fingerprint density at radius 1 is 1.20 bits per heavy atom. The summed E-state index contributed by atoms with van der Waals surface area (Å²) in [5, 5.41) is 3.54. The molecule has 4 nitrogen and oxygen atoms in total. The van der Waals surface area contributed by atoms with E-state index >= 15 is 0 Å². The van der Waals surface area contributed by atoms with Gasteiger partial charge in [-0.3, -0.25) is 4.90 Å². The second-order valence-electron chi connectivity index (χ2n) is 7.00. The molecule has 0 amide bonds. The number of likely N-dealkylation sites (N-methyl/N-ethyl adjacent to an activating group) is 1. The van der Waals surface area contributed by atoms with E-state index in [0.29, 0.717) is 12.1 Å². The number of hydrogen-bond acceptors (Lipinski definition) is 4. The van der Waals surface area contributed by atoms with Gasteiger partial charge in [0.05, 0.1) is 13.2 Å². The van der Waals surface area contributed by atoms with Crippen molar-refractivity contribution in [3.8, 4) is 0 Å². The van der Waals surface area contributed by atoms with E-state index in [9.17, 15) is 0 Å². The molecule has 1 N–H and O–H groups in total. The summed E-state index contributed by atoms with van der Waals surface area (Å²) >= 11 is 0. The van der Waals surface area contributed by atoms with Crippen LogP contribution in [0.1, 0.15) is 46.0 Å². The molecule has 20 heavy (non-hydrogen) atoms. The molecule has 3 unspecified atom stereocenters. The Labute approximate surface area is 123 Å². The third kappa shape index (κ3) is 2.63. The molecule has 3 rings (SSSR count). The maximum absolute atomic E-state index is 5.98. The number of ether oxygens (including phenoxy) is 2. The minimum Gasteiger partial charge on any atom is -0.347 e. The molecule has 0 aromatic heterocycles. The zero-order chi connectivity index (χ0) is 14.2. The van der Waals surface area contributed by atoms with E-state index in [1.54, 1.807) is 0 Å². The van der Waals surface area contributed by atoms with Crippen LogP contribution in [0.4, 0.5) is 0 Å². The molecule has 2 saturated heterocycles. The van der Waals surface area contributed by atoms with Gasteiger partial charge in [0.25, 0.3) is 0 Å². The molecule has 3 aliphatic rings. The third-order valence-corrected chi connectivity index (χ3v) is 5.54. The van der Waals surface area contributed by atoms with E-state index in [1.807, 2.05) is 0 Å². The van der Waals surface area contributed by atoms with Gasteiger partial charge in [0, 0.05) is 31.0 Å². The van der Waals surface area contributed by atoms with Gasteiger partial charge < -0.3 is 14.8 Å². The lowest BCUT2D eigenvalue weighted by Crippen LogP contribution is -2.58. The normalized spacial score (nSPS) is 38.1. The van der Waals surface area contributed by atoms with Crippen LogP contribution >= 0.6 is 0 Å². The van der Waals surface area contributed by atoms with E-state index in [4.69, 9.17) is 9.47 Å². The first-order valence-corrected chi connectivity index (χ1v) is 8.36. The molecular weight excluding hydrogens is 252 g/mol. The first-order valence-electron chi connectivity index (χ1n) is 8.36. The average molecular weight is 282 g/mol. The molecule has 2 aliphatic heterocycles. The van der Waals surface area contributed by atoms with Crippen molar-refractivity contribution in [1.82, 2.24) is 10.2 Å². The van der Waals surface area contributed by atoms with E-state index < -0.39 is 0 Å². The molecule has 1 spiro atoms. The molecule has 2 heterocycles. The van der Waals surface area contributed by atoms with Crippen molar-refractivity contribution in [3.05, 3.63) is 0 Å². The molecule has 0 bridgehead atoms. The van der Waals surface area contributed by atoms with Gasteiger partial charge in [0.2, 0.25) is 0 Å². The van der Waals surface area contributed by atoms with E-state index in [0.717, 1.165) is 44.4 Å². The highest BCUT2D eigenvalue weighted by molar-refractivity contribution is 4.99. The summed E-state index contributed by atoms with van der Waals surface area (Å²) in [6.07, 6.45) is 5.91. The van der Waals surface area contributed by atoms with Crippen molar-refractivity contribution in [3.63, 3.8) is 0 Å². The molecule has 0 aromatic rings. The molecular formula is C16H30N2O2. The Balaban J connectivity index is 1.76. The Kier molecular flexibility index (Phi) is 4.37. The van der Waals surface area contributed by atoms with Crippen LogP contribution in [-0.4, -0.2) is 55.6 Å². The lowest BCUT2D eigenvalue weighted by atomic mass is 9.83. The van der Waals surface area contributed by atoms with Crippen LogP contribution < -0.4 is 5.32 Å². The smallest absolute Gasteiger partial charge is 0.170 e. The molecule has 1 saturated carbocycles. The van der Waals surface area contributed by atoms with Gasteiger partial charge in [0.15, 0.2) is 5.79 Å². The summed E-state index contributed by atoms with van der Waals surface area (Å²) < 4.78 is 12.0. The zero-order valence-electron chi connectivity index (χ0n) is 13.2. The molecule has 0 aromatic carbocycles. The fourth-order valence-electron chi connectivity index (χ4n) is 4.52. The van der Waals surface area contributed by atoms with Gasteiger partial charge in [-0.15, -0.1) is 0 Å². The average Bonchev–Trinajstić information content (AvgIpc) is 3.08.